The van der Waals surface area contributed by atoms with Crippen molar-refractivity contribution in [2.45, 2.75) is 31.7 Å². The Bertz CT molecular complexity index is 1220. The number of hydrogen-bond acceptors (Lipinski definition) is 6. The lowest BCUT2D eigenvalue weighted by atomic mass is 9.79. The van der Waals surface area contributed by atoms with Crippen molar-refractivity contribution >= 4 is 5.69 Å². The number of methoxy groups -OCH3 is 2. The van der Waals surface area contributed by atoms with Crippen LogP contribution in [0.25, 0.3) is 0 Å². The van der Waals surface area contributed by atoms with Crippen molar-refractivity contribution in [1.29, 1.82) is 0 Å². The molecule has 4 rings (SSSR count). The molecule has 0 heterocycles. The lowest BCUT2D eigenvalue weighted by Crippen LogP contribution is -2.27. The molecule has 0 spiro atoms. The second kappa shape index (κ2) is 13.0. The number of aryl methyl sites for hydroxylation is 1. The van der Waals surface area contributed by atoms with Crippen LogP contribution in [0.15, 0.2) is 54.6 Å². The zero-order valence-corrected chi connectivity index (χ0v) is 22.9. The van der Waals surface area contributed by atoms with E-state index in [0.29, 0.717) is 38.0 Å². The maximum Gasteiger partial charge on any atom is 0.165 e. The molecule has 0 aliphatic heterocycles. The summed E-state index contributed by atoms with van der Waals surface area (Å²) in [4.78, 5) is 4.25. The van der Waals surface area contributed by atoms with Crippen LogP contribution in [0.4, 0.5) is 10.1 Å². The van der Waals surface area contributed by atoms with Crippen molar-refractivity contribution in [3.8, 4) is 17.2 Å². The number of nitrogens with zero attached hydrogens (tertiary/aromatic N) is 2. The van der Waals surface area contributed by atoms with Crippen LogP contribution >= 0.6 is 0 Å². The number of benzene rings is 3. The maximum absolute atomic E-state index is 14.9. The molecule has 3 aromatic carbocycles. The van der Waals surface area contributed by atoms with Crippen LogP contribution < -0.4 is 14.4 Å². The summed E-state index contributed by atoms with van der Waals surface area (Å²) < 4.78 is 31.2. The average Bonchev–Trinajstić information content (AvgIpc) is 2.92. The number of fused-ring (bicyclic) bond motifs is 1. The van der Waals surface area contributed by atoms with Crippen LogP contribution in [0.2, 0.25) is 0 Å². The van der Waals surface area contributed by atoms with E-state index in [9.17, 15) is 9.50 Å². The minimum Gasteiger partial charge on any atom is -0.508 e. The van der Waals surface area contributed by atoms with Gasteiger partial charge in [-0.1, -0.05) is 18.2 Å². The van der Waals surface area contributed by atoms with Gasteiger partial charge in [-0.05, 0) is 84.8 Å². The molecule has 0 amide bonds. The number of halogens is 1. The Morgan fingerprint density at radius 2 is 1.76 bits per heavy atom. The highest BCUT2D eigenvalue weighted by Crippen LogP contribution is 2.40. The van der Waals surface area contributed by atoms with Gasteiger partial charge in [0.15, 0.2) is 11.6 Å². The third-order valence-corrected chi connectivity index (χ3v) is 7.33. The SMILES string of the molecule is COCCN(C)CCOc1ccc(CN(C)c2cc(OC)ccc2C2CCc3cc(O)ccc3C2)cc1F. The van der Waals surface area contributed by atoms with Gasteiger partial charge in [-0.25, -0.2) is 4.39 Å². The lowest BCUT2D eigenvalue weighted by Gasteiger charge is -2.30. The Kier molecular flexibility index (Phi) is 9.48. The van der Waals surface area contributed by atoms with E-state index >= 15 is 0 Å². The Hall–Kier alpha value is -3.29. The number of hydrogen-bond donors (Lipinski definition) is 1. The van der Waals surface area contributed by atoms with Gasteiger partial charge in [0.1, 0.15) is 18.1 Å². The minimum absolute atomic E-state index is 0.269. The molecule has 0 saturated heterocycles. The van der Waals surface area contributed by atoms with Crippen molar-refractivity contribution < 1.29 is 23.7 Å². The first-order valence-corrected chi connectivity index (χ1v) is 13.2. The molecule has 0 radical (unpaired) electrons. The first-order valence-electron chi connectivity index (χ1n) is 13.2. The van der Waals surface area contributed by atoms with E-state index in [-0.39, 0.29) is 11.6 Å². The number of ether oxygens (including phenoxy) is 3. The molecule has 3 aromatic rings. The molecule has 0 saturated carbocycles. The zero-order chi connectivity index (χ0) is 27.1. The molecule has 0 fully saturated rings. The second-order valence-electron chi connectivity index (χ2n) is 10.1. The largest absolute Gasteiger partial charge is 0.508 e. The summed E-state index contributed by atoms with van der Waals surface area (Å²) in [6.07, 6.45) is 2.85. The van der Waals surface area contributed by atoms with Gasteiger partial charge >= 0.3 is 0 Å². The highest BCUT2D eigenvalue weighted by Gasteiger charge is 2.24. The number of anilines is 1. The molecular formula is C31H39FN2O4. The van der Waals surface area contributed by atoms with Gasteiger partial charge in [0.25, 0.3) is 0 Å². The summed E-state index contributed by atoms with van der Waals surface area (Å²) in [5.74, 6) is 1.39. The topological polar surface area (TPSA) is 54.4 Å². The molecule has 1 unspecified atom stereocenters. The molecule has 6 nitrogen and oxygen atoms in total. The Morgan fingerprint density at radius 3 is 2.53 bits per heavy atom. The van der Waals surface area contributed by atoms with Gasteiger partial charge in [-0.3, -0.25) is 0 Å². The van der Waals surface area contributed by atoms with Crippen molar-refractivity contribution in [2.75, 3.05) is 59.5 Å². The van der Waals surface area contributed by atoms with Crippen LogP contribution in [0.5, 0.6) is 17.2 Å². The van der Waals surface area contributed by atoms with Crippen molar-refractivity contribution in [1.82, 2.24) is 4.90 Å². The monoisotopic (exact) mass is 522 g/mol. The second-order valence-corrected chi connectivity index (χ2v) is 10.1. The van der Waals surface area contributed by atoms with Crippen LogP contribution in [0.3, 0.4) is 0 Å². The van der Waals surface area contributed by atoms with Crippen molar-refractivity contribution in [3.05, 3.63) is 82.7 Å². The van der Waals surface area contributed by atoms with Gasteiger partial charge < -0.3 is 29.1 Å². The first-order chi connectivity index (χ1) is 18.4. The van der Waals surface area contributed by atoms with E-state index in [2.05, 4.69) is 21.9 Å². The molecule has 0 bridgehead atoms. The molecule has 38 heavy (non-hydrogen) atoms. The lowest BCUT2D eigenvalue weighted by molar-refractivity contribution is 0.149. The molecule has 1 N–H and O–H groups in total. The Morgan fingerprint density at radius 1 is 0.947 bits per heavy atom. The predicted octanol–water partition coefficient (Wildman–Crippen LogP) is 5.41. The normalized spacial score (nSPS) is 14.8. The van der Waals surface area contributed by atoms with Gasteiger partial charge in [0, 0.05) is 45.5 Å². The summed E-state index contributed by atoms with van der Waals surface area (Å²) in [6.45, 7) is 3.11. The summed E-state index contributed by atoms with van der Waals surface area (Å²) in [7, 11) is 7.37. The number of rotatable bonds is 12. The number of likely N-dealkylation sites (N-methyl/N-ethyl adjacent to an activating group) is 1. The maximum atomic E-state index is 14.9. The minimum atomic E-state index is -0.353. The molecular weight excluding hydrogens is 483 g/mol. The van der Waals surface area contributed by atoms with E-state index in [1.54, 1.807) is 32.4 Å². The smallest absolute Gasteiger partial charge is 0.165 e. The predicted molar refractivity (Wildman–Crippen MR) is 149 cm³/mol. The van der Waals surface area contributed by atoms with E-state index < -0.39 is 0 Å². The third-order valence-electron chi connectivity index (χ3n) is 7.33. The van der Waals surface area contributed by atoms with Crippen LogP contribution in [0, 0.1) is 5.82 Å². The fourth-order valence-corrected chi connectivity index (χ4v) is 5.12. The summed E-state index contributed by atoms with van der Waals surface area (Å²) in [5, 5.41) is 9.85. The Labute approximate surface area is 225 Å². The third kappa shape index (κ3) is 6.97. The van der Waals surface area contributed by atoms with Crippen LogP contribution in [0.1, 0.15) is 34.6 Å². The van der Waals surface area contributed by atoms with Gasteiger partial charge in [0.2, 0.25) is 0 Å². The van der Waals surface area contributed by atoms with Gasteiger partial charge in [-0.15, -0.1) is 0 Å². The Balaban J connectivity index is 1.45. The van der Waals surface area contributed by atoms with Gasteiger partial charge in [0.05, 0.1) is 13.7 Å². The summed E-state index contributed by atoms with van der Waals surface area (Å²) in [5.41, 5.74) is 5.71. The van der Waals surface area contributed by atoms with Crippen LogP contribution in [-0.2, 0) is 24.1 Å². The molecule has 0 aromatic heterocycles. The average molecular weight is 523 g/mol. The van der Waals surface area contributed by atoms with E-state index in [1.165, 1.54) is 16.7 Å². The van der Waals surface area contributed by atoms with E-state index in [4.69, 9.17) is 14.2 Å². The number of aromatic hydroxyl groups is 1. The molecule has 204 valence electrons. The molecule has 1 aliphatic rings. The quantitative estimate of drug-likeness (QED) is 0.344. The van der Waals surface area contributed by atoms with E-state index in [0.717, 1.165) is 42.8 Å². The standard InChI is InChI=1S/C31H39FN2O4/c1-33(13-15-36-3)14-16-38-31-12-5-22(17-29(31)32)21-34(2)30-20-27(37-4)10-11-28(30)25-7-6-24-19-26(35)9-8-23(24)18-25/h5,8-12,17,19-20,25,35H,6-7,13-16,18,21H2,1-4H3. The number of phenolic OH excluding ortho intramolecular Hbond substituents is 1. The molecule has 1 aliphatic carbocycles. The van der Waals surface area contributed by atoms with Gasteiger partial charge in [-0.2, -0.15) is 0 Å². The summed E-state index contributed by atoms with van der Waals surface area (Å²) in [6, 6.07) is 17.1. The zero-order valence-electron chi connectivity index (χ0n) is 22.9. The first kappa shape index (κ1) is 27.7. The highest BCUT2D eigenvalue weighted by molar-refractivity contribution is 5.59. The molecule has 7 heteroatoms. The van der Waals surface area contributed by atoms with E-state index in [1.807, 2.05) is 38.4 Å². The van der Waals surface area contributed by atoms with Crippen LogP contribution in [-0.4, -0.2) is 64.6 Å². The fourth-order valence-electron chi connectivity index (χ4n) is 5.12. The number of phenols is 1. The highest BCUT2D eigenvalue weighted by atomic mass is 19.1. The summed E-state index contributed by atoms with van der Waals surface area (Å²) >= 11 is 0. The molecule has 1 atom stereocenters. The van der Waals surface area contributed by atoms with Crippen molar-refractivity contribution in [2.24, 2.45) is 0 Å². The fraction of sp³-hybridized carbons (Fsp3) is 0.419. The van der Waals surface area contributed by atoms with Crippen molar-refractivity contribution in [3.63, 3.8) is 0 Å².